The summed E-state index contributed by atoms with van der Waals surface area (Å²) in [7, 11) is 0. The molecule has 1 N–H and O–H groups in total. The lowest BCUT2D eigenvalue weighted by Gasteiger charge is -2.30. The van der Waals surface area contributed by atoms with Gasteiger partial charge in [-0.2, -0.15) is 0 Å². The van der Waals surface area contributed by atoms with Crippen LogP contribution in [0, 0.1) is 5.92 Å². The van der Waals surface area contributed by atoms with E-state index in [0.29, 0.717) is 5.92 Å². The summed E-state index contributed by atoms with van der Waals surface area (Å²) in [6.07, 6.45) is 4.70. The first kappa shape index (κ1) is 10.7. The Morgan fingerprint density at radius 3 is 2.20 bits per heavy atom. The Morgan fingerprint density at radius 2 is 1.67 bits per heavy atom. The summed E-state index contributed by atoms with van der Waals surface area (Å²) in [5.41, 5.74) is 1.47. The first-order valence-electron chi connectivity index (χ1n) is 6.00. The van der Waals surface area contributed by atoms with Crippen LogP contribution in [0.3, 0.4) is 0 Å². The van der Waals surface area contributed by atoms with Gasteiger partial charge in [0.15, 0.2) is 0 Å². The molecule has 1 fully saturated rings. The molecule has 1 aromatic rings. The third kappa shape index (κ3) is 2.60. The molecule has 1 aliphatic rings. The van der Waals surface area contributed by atoms with Crippen LogP contribution in [0.1, 0.15) is 44.1 Å². The molecule has 0 aliphatic heterocycles. The first-order chi connectivity index (χ1) is 7.27. The van der Waals surface area contributed by atoms with E-state index in [1.54, 1.807) is 0 Å². The van der Waals surface area contributed by atoms with Crippen LogP contribution in [0.2, 0.25) is 0 Å². The molecule has 0 saturated heterocycles. The van der Waals surface area contributed by atoms with Crippen molar-refractivity contribution in [1.29, 1.82) is 0 Å². The zero-order valence-corrected chi connectivity index (χ0v) is 9.39. The topological polar surface area (TPSA) is 20.2 Å². The highest BCUT2D eigenvalue weighted by Crippen LogP contribution is 2.36. The standard InChI is InChI=1S/C14H20O/c1-11(15)12-7-9-14(10-8-12)13-5-3-2-4-6-13/h2-6,11-12,14-15H,7-10H2,1H3. The summed E-state index contributed by atoms with van der Waals surface area (Å²) in [4.78, 5) is 0. The molecule has 0 heterocycles. The Kier molecular flexibility index (Phi) is 3.42. The van der Waals surface area contributed by atoms with Gasteiger partial charge in [0, 0.05) is 0 Å². The maximum atomic E-state index is 9.53. The van der Waals surface area contributed by atoms with Crippen molar-refractivity contribution in [2.24, 2.45) is 5.92 Å². The fraction of sp³-hybridized carbons (Fsp3) is 0.571. The van der Waals surface area contributed by atoms with Gasteiger partial charge in [-0.15, -0.1) is 0 Å². The summed E-state index contributed by atoms with van der Waals surface area (Å²) < 4.78 is 0. The maximum absolute atomic E-state index is 9.53. The monoisotopic (exact) mass is 204 g/mol. The molecule has 1 atom stereocenters. The zero-order chi connectivity index (χ0) is 10.7. The Balaban J connectivity index is 1.94. The van der Waals surface area contributed by atoms with Crippen molar-refractivity contribution in [3.05, 3.63) is 35.9 Å². The number of benzene rings is 1. The number of aliphatic hydroxyl groups excluding tert-OH is 1. The van der Waals surface area contributed by atoms with E-state index in [4.69, 9.17) is 0 Å². The van der Waals surface area contributed by atoms with Crippen LogP contribution in [-0.4, -0.2) is 11.2 Å². The second kappa shape index (κ2) is 4.80. The Labute approximate surface area is 92.1 Å². The molecule has 1 aromatic carbocycles. The minimum Gasteiger partial charge on any atom is -0.393 e. The van der Waals surface area contributed by atoms with Crippen LogP contribution in [0.25, 0.3) is 0 Å². The molecule has 1 nitrogen and oxygen atoms in total. The normalized spacial score (nSPS) is 28.7. The predicted octanol–water partition coefficient (Wildman–Crippen LogP) is 3.34. The lowest BCUT2D eigenvalue weighted by atomic mass is 9.77. The van der Waals surface area contributed by atoms with Crippen molar-refractivity contribution in [3.8, 4) is 0 Å². The molecular weight excluding hydrogens is 184 g/mol. The molecule has 1 unspecified atom stereocenters. The SMILES string of the molecule is CC(O)C1CCC(c2ccccc2)CC1. The van der Waals surface area contributed by atoms with E-state index in [2.05, 4.69) is 30.3 Å². The minimum absolute atomic E-state index is 0.123. The molecule has 0 radical (unpaired) electrons. The molecule has 15 heavy (non-hydrogen) atoms. The summed E-state index contributed by atoms with van der Waals surface area (Å²) in [5.74, 6) is 1.26. The number of hydrogen-bond acceptors (Lipinski definition) is 1. The molecule has 1 saturated carbocycles. The second-order valence-electron chi connectivity index (χ2n) is 4.76. The summed E-state index contributed by atoms with van der Waals surface area (Å²) in [6, 6.07) is 10.8. The van der Waals surface area contributed by atoms with Crippen LogP contribution in [0.15, 0.2) is 30.3 Å². The molecule has 0 bridgehead atoms. The van der Waals surface area contributed by atoms with E-state index >= 15 is 0 Å². The molecule has 0 spiro atoms. The predicted molar refractivity (Wildman–Crippen MR) is 62.8 cm³/mol. The van der Waals surface area contributed by atoms with Gasteiger partial charge in [0.25, 0.3) is 0 Å². The van der Waals surface area contributed by atoms with Gasteiger partial charge in [-0.25, -0.2) is 0 Å². The van der Waals surface area contributed by atoms with E-state index in [9.17, 15) is 5.11 Å². The fourth-order valence-corrected chi connectivity index (χ4v) is 2.66. The van der Waals surface area contributed by atoms with Gasteiger partial charge < -0.3 is 5.11 Å². The largest absolute Gasteiger partial charge is 0.393 e. The van der Waals surface area contributed by atoms with Crippen molar-refractivity contribution >= 4 is 0 Å². The smallest absolute Gasteiger partial charge is 0.0540 e. The lowest BCUT2D eigenvalue weighted by molar-refractivity contribution is 0.0967. The van der Waals surface area contributed by atoms with Gasteiger partial charge in [-0.05, 0) is 50.0 Å². The fourth-order valence-electron chi connectivity index (χ4n) is 2.66. The quantitative estimate of drug-likeness (QED) is 0.783. The second-order valence-corrected chi connectivity index (χ2v) is 4.76. The first-order valence-corrected chi connectivity index (χ1v) is 6.00. The Bertz CT molecular complexity index is 283. The van der Waals surface area contributed by atoms with Crippen LogP contribution in [0.4, 0.5) is 0 Å². The van der Waals surface area contributed by atoms with Crippen LogP contribution in [-0.2, 0) is 0 Å². The molecule has 1 aliphatic carbocycles. The van der Waals surface area contributed by atoms with E-state index in [1.807, 2.05) is 6.92 Å². The van der Waals surface area contributed by atoms with E-state index in [1.165, 1.54) is 31.2 Å². The van der Waals surface area contributed by atoms with Crippen molar-refractivity contribution < 1.29 is 5.11 Å². The maximum Gasteiger partial charge on any atom is 0.0540 e. The molecule has 2 rings (SSSR count). The van der Waals surface area contributed by atoms with Gasteiger partial charge in [0.2, 0.25) is 0 Å². The van der Waals surface area contributed by atoms with E-state index in [-0.39, 0.29) is 6.10 Å². The molecule has 0 aromatic heterocycles. The number of hydrogen-bond donors (Lipinski definition) is 1. The third-order valence-corrected chi connectivity index (χ3v) is 3.73. The summed E-state index contributed by atoms with van der Waals surface area (Å²) in [5, 5.41) is 9.53. The number of aliphatic hydroxyl groups is 1. The average molecular weight is 204 g/mol. The van der Waals surface area contributed by atoms with E-state index < -0.39 is 0 Å². The van der Waals surface area contributed by atoms with Crippen molar-refractivity contribution in [1.82, 2.24) is 0 Å². The zero-order valence-electron chi connectivity index (χ0n) is 9.39. The highest BCUT2D eigenvalue weighted by atomic mass is 16.3. The Morgan fingerprint density at radius 1 is 1.07 bits per heavy atom. The Hall–Kier alpha value is -0.820. The van der Waals surface area contributed by atoms with Crippen molar-refractivity contribution in [3.63, 3.8) is 0 Å². The van der Waals surface area contributed by atoms with Crippen LogP contribution in [0.5, 0.6) is 0 Å². The van der Waals surface area contributed by atoms with Crippen molar-refractivity contribution in [2.75, 3.05) is 0 Å². The average Bonchev–Trinajstić information content (AvgIpc) is 2.30. The minimum atomic E-state index is -0.123. The van der Waals surface area contributed by atoms with Gasteiger partial charge in [-0.1, -0.05) is 30.3 Å². The number of rotatable bonds is 2. The highest BCUT2D eigenvalue weighted by Gasteiger charge is 2.24. The summed E-state index contributed by atoms with van der Waals surface area (Å²) in [6.45, 7) is 1.92. The van der Waals surface area contributed by atoms with Crippen molar-refractivity contribution in [2.45, 2.75) is 44.6 Å². The third-order valence-electron chi connectivity index (χ3n) is 3.73. The highest BCUT2D eigenvalue weighted by molar-refractivity contribution is 5.19. The van der Waals surface area contributed by atoms with E-state index in [0.717, 1.165) is 5.92 Å². The van der Waals surface area contributed by atoms with Gasteiger partial charge in [0.1, 0.15) is 0 Å². The van der Waals surface area contributed by atoms with Gasteiger partial charge >= 0.3 is 0 Å². The van der Waals surface area contributed by atoms with Gasteiger partial charge in [-0.3, -0.25) is 0 Å². The lowest BCUT2D eigenvalue weighted by Crippen LogP contribution is -2.22. The molecular formula is C14H20O. The molecule has 1 heteroatoms. The van der Waals surface area contributed by atoms with Crippen LogP contribution >= 0.6 is 0 Å². The molecule has 0 amide bonds. The van der Waals surface area contributed by atoms with Crippen LogP contribution < -0.4 is 0 Å². The summed E-state index contributed by atoms with van der Waals surface area (Å²) >= 11 is 0. The van der Waals surface area contributed by atoms with Gasteiger partial charge in [0.05, 0.1) is 6.10 Å². The molecule has 82 valence electrons.